The first-order valence-corrected chi connectivity index (χ1v) is 5.34. The van der Waals surface area contributed by atoms with Crippen LogP contribution in [-0.2, 0) is 4.74 Å². The topological polar surface area (TPSA) is 71.5 Å². The Hall–Kier alpha value is -1.62. The van der Waals surface area contributed by atoms with Gasteiger partial charge in [-0.1, -0.05) is 0 Å². The van der Waals surface area contributed by atoms with Crippen LogP contribution in [0, 0.1) is 6.92 Å². The third-order valence-corrected chi connectivity index (χ3v) is 2.29. The summed E-state index contributed by atoms with van der Waals surface area (Å²) in [5, 5.41) is 12.1. The van der Waals surface area contributed by atoms with Crippen LogP contribution in [0.15, 0.2) is 12.1 Å². The van der Waals surface area contributed by atoms with Gasteiger partial charge in [0.1, 0.15) is 5.82 Å². The summed E-state index contributed by atoms with van der Waals surface area (Å²) in [4.78, 5) is 15.1. The molecule has 0 fully saturated rings. The van der Waals surface area contributed by atoms with Crippen LogP contribution in [0.1, 0.15) is 29.9 Å². The number of carboxylic acids is 1. The Morgan fingerprint density at radius 3 is 2.65 bits per heavy atom. The highest BCUT2D eigenvalue weighted by Gasteiger charge is 2.18. The van der Waals surface area contributed by atoms with Gasteiger partial charge in [-0.15, -0.1) is 0 Å². The number of hydrogen-bond donors (Lipinski definition) is 2. The predicted octanol–water partition coefficient (Wildman–Crippen LogP) is 1.93. The number of ether oxygens (including phenoxy) is 1. The van der Waals surface area contributed by atoms with Gasteiger partial charge in [-0.05, 0) is 32.9 Å². The van der Waals surface area contributed by atoms with Crippen molar-refractivity contribution in [2.24, 2.45) is 0 Å². The molecule has 0 unspecified atom stereocenters. The van der Waals surface area contributed by atoms with Gasteiger partial charge in [0.25, 0.3) is 0 Å². The zero-order valence-electron chi connectivity index (χ0n) is 10.6. The average molecular weight is 238 g/mol. The van der Waals surface area contributed by atoms with Crippen molar-refractivity contribution in [3.05, 3.63) is 23.4 Å². The number of rotatable bonds is 5. The fourth-order valence-electron chi connectivity index (χ4n) is 1.60. The number of carboxylic acid groups (broad SMARTS) is 1. The molecule has 0 amide bonds. The third-order valence-electron chi connectivity index (χ3n) is 2.29. The van der Waals surface area contributed by atoms with E-state index < -0.39 is 5.97 Å². The highest BCUT2D eigenvalue weighted by atomic mass is 16.5. The Balaban J connectivity index is 2.88. The minimum absolute atomic E-state index is 0.222. The molecular weight excluding hydrogens is 220 g/mol. The van der Waals surface area contributed by atoms with Gasteiger partial charge in [-0.2, -0.15) is 0 Å². The smallest absolute Gasteiger partial charge is 0.337 e. The average Bonchev–Trinajstić information content (AvgIpc) is 2.15. The van der Waals surface area contributed by atoms with Crippen molar-refractivity contribution >= 4 is 11.8 Å². The molecule has 1 aromatic rings. The van der Waals surface area contributed by atoms with Crippen LogP contribution in [0.25, 0.3) is 0 Å². The second-order valence-electron chi connectivity index (χ2n) is 4.58. The van der Waals surface area contributed by atoms with Crippen LogP contribution in [-0.4, -0.2) is 35.3 Å². The van der Waals surface area contributed by atoms with Gasteiger partial charge >= 0.3 is 5.97 Å². The minimum atomic E-state index is -0.960. The van der Waals surface area contributed by atoms with Crippen molar-refractivity contribution in [2.75, 3.05) is 19.0 Å². The van der Waals surface area contributed by atoms with Crippen molar-refractivity contribution < 1.29 is 14.6 Å². The second-order valence-corrected chi connectivity index (χ2v) is 4.58. The van der Waals surface area contributed by atoms with E-state index in [0.717, 1.165) is 0 Å². The first kappa shape index (κ1) is 13.4. The highest BCUT2D eigenvalue weighted by molar-refractivity contribution is 5.89. The van der Waals surface area contributed by atoms with Gasteiger partial charge in [-0.3, -0.25) is 0 Å². The van der Waals surface area contributed by atoms with Crippen LogP contribution in [0.3, 0.4) is 0 Å². The van der Waals surface area contributed by atoms with Crippen molar-refractivity contribution in [3.8, 4) is 0 Å². The molecule has 94 valence electrons. The van der Waals surface area contributed by atoms with Gasteiger partial charge in [0.15, 0.2) is 0 Å². The summed E-state index contributed by atoms with van der Waals surface area (Å²) in [6.07, 6.45) is 0. The van der Waals surface area contributed by atoms with Gasteiger partial charge in [-0.25, -0.2) is 9.78 Å². The van der Waals surface area contributed by atoms with Gasteiger partial charge in [0.05, 0.1) is 23.4 Å². The molecule has 17 heavy (non-hydrogen) atoms. The molecule has 5 heteroatoms. The number of methoxy groups -OCH3 is 1. The molecule has 0 saturated carbocycles. The second kappa shape index (κ2) is 5.14. The molecule has 0 bridgehead atoms. The molecule has 0 atom stereocenters. The molecule has 0 aliphatic rings. The summed E-state index contributed by atoms with van der Waals surface area (Å²) < 4.78 is 5.09. The highest BCUT2D eigenvalue weighted by Crippen LogP contribution is 2.15. The lowest BCUT2D eigenvalue weighted by Crippen LogP contribution is -2.36. The summed E-state index contributed by atoms with van der Waals surface area (Å²) in [6, 6.07) is 3.21. The number of aromatic carboxylic acids is 1. The molecule has 0 saturated heterocycles. The van der Waals surface area contributed by atoms with Gasteiger partial charge in [0.2, 0.25) is 0 Å². The van der Waals surface area contributed by atoms with E-state index in [1.165, 1.54) is 0 Å². The Morgan fingerprint density at radius 1 is 1.53 bits per heavy atom. The number of aromatic nitrogens is 1. The van der Waals surface area contributed by atoms with E-state index in [-0.39, 0.29) is 11.1 Å². The van der Waals surface area contributed by atoms with Crippen molar-refractivity contribution in [2.45, 2.75) is 26.3 Å². The molecule has 2 N–H and O–H groups in total. The van der Waals surface area contributed by atoms with Crippen LogP contribution >= 0.6 is 0 Å². The van der Waals surface area contributed by atoms with Crippen LogP contribution < -0.4 is 5.32 Å². The number of nitrogens with one attached hydrogen (secondary N) is 1. The standard InChI is InChI=1S/C12H18N2O3/c1-8-9(11(15)16)5-6-10(13-8)14-12(2,3)7-17-4/h5-6H,7H2,1-4H3,(H,13,14)(H,15,16). The predicted molar refractivity (Wildman–Crippen MR) is 65.5 cm³/mol. The largest absolute Gasteiger partial charge is 0.478 e. The normalized spacial score (nSPS) is 11.3. The Morgan fingerprint density at radius 2 is 2.18 bits per heavy atom. The summed E-state index contributed by atoms with van der Waals surface area (Å²) in [6.45, 7) is 6.18. The number of nitrogens with zero attached hydrogens (tertiary/aromatic N) is 1. The van der Waals surface area contributed by atoms with Gasteiger partial charge in [0, 0.05) is 7.11 Å². The van der Waals surface area contributed by atoms with E-state index >= 15 is 0 Å². The molecule has 0 aromatic carbocycles. The fraction of sp³-hybridized carbons (Fsp3) is 0.500. The molecule has 1 rings (SSSR count). The zero-order valence-corrected chi connectivity index (χ0v) is 10.6. The maximum Gasteiger partial charge on any atom is 0.337 e. The molecule has 1 aromatic heterocycles. The van der Waals surface area contributed by atoms with E-state index in [1.807, 2.05) is 13.8 Å². The monoisotopic (exact) mass is 238 g/mol. The van der Waals surface area contributed by atoms with E-state index in [9.17, 15) is 4.79 Å². The summed E-state index contributed by atoms with van der Waals surface area (Å²) in [5.41, 5.74) is 0.467. The molecule has 1 heterocycles. The quantitative estimate of drug-likeness (QED) is 0.820. The lowest BCUT2D eigenvalue weighted by molar-refractivity contribution is 0.0695. The summed E-state index contributed by atoms with van der Waals surface area (Å²) in [7, 11) is 1.63. The number of pyridine rings is 1. The Labute approximate surface area is 101 Å². The lowest BCUT2D eigenvalue weighted by Gasteiger charge is -2.26. The first-order valence-electron chi connectivity index (χ1n) is 5.34. The van der Waals surface area contributed by atoms with Crippen molar-refractivity contribution in [3.63, 3.8) is 0 Å². The van der Waals surface area contributed by atoms with Gasteiger partial charge < -0.3 is 15.2 Å². The zero-order chi connectivity index (χ0) is 13.1. The molecule has 0 radical (unpaired) electrons. The summed E-state index contributed by atoms with van der Waals surface area (Å²) in [5.74, 6) is -0.313. The number of anilines is 1. The van der Waals surface area contributed by atoms with E-state index in [1.54, 1.807) is 26.2 Å². The molecule has 0 spiro atoms. The van der Waals surface area contributed by atoms with Crippen LogP contribution in [0.4, 0.5) is 5.82 Å². The van der Waals surface area contributed by atoms with E-state index in [2.05, 4.69) is 10.3 Å². The first-order chi connectivity index (χ1) is 7.85. The SMILES string of the molecule is COCC(C)(C)Nc1ccc(C(=O)O)c(C)n1. The van der Waals surface area contributed by atoms with Crippen LogP contribution in [0.2, 0.25) is 0 Å². The van der Waals surface area contributed by atoms with Crippen LogP contribution in [0.5, 0.6) is 0 Å². The third kappa shape index (κ3) is 3.71. The Bertz CT molecular complexity index is 416. The maximum absolute atomic E-state index is 10.8. The molecular formula is C12H18N2O3. The summed E-state index contributed by atoms with van der Waals surface area (Å²) >= 11 is 0. The number of carbonyl (C=O) groups is 1. The van der Waals surface area contributed by atoms with Crippen molar-refractivity contribution in [1.82, 2.24) is 4.98 Å². The van der Waals surface area contributed by atoms with Crippen molar-refractivity contribution in [1.29, 1.82) is 0 Å². The van der Waals surface area contributed by atoms with E-state index in [0.29, 0.717) is 18.1 Å². The fourth-order valence-corrected chi connectivity index (χ4v) is 1.60. The lowest BCUT2D eigenvalue weighted by atomic mass is 10.1. The molecule has 0 aliphatic carbocycles. The van der Waals surface area contributed by atoms with E-state index in [4.69, 9.17) is 9.84 Å². The Kier molecular flexibility index (Phi) is 4.07. The minimum Gasteiger partial charge on any atom is -0.478 e. The molecule has 5 nitrogen and oxygen atoms in total. The molecule has 0 aliphatic heterocycles. The maximum atomic E-state index is 10.8. The number of hydrogen-bond acceptors (Lipinski definition) is 4. The number of aryl methyl sites for hydroxylation is 1.